The largest absolute Gasteiger partial charge is 0.394 e. The summed E-state index contributed by atoms with van der Waals surface area (Å²) in [6, 6.07) is 0. The summed E-state index contributed by atoms with van der Waals surface area (Å²) in [5, 5.41) is 13.4. The molecule has 0 radical (unpaired) electrons. The minimum Gasteiger partial charge on any atom is -0.394 e. The lowest BCUT2D eigenvalue weighted by Gasteiger charge is -2.42. The molecule has 1 saturated carbocycles. The number of morpholine rings is 1. The van der Waals surface area contributed by atoms with Crippen LogP contribution in [-0.4, -0.2) is 60.5 Å². The fourth-order valence-corrected chi connectivity index (χ4v) is 3.36. The highest BCUT2D eigenvalue weighted by Crippen LogP contribution is 2.40. The number of hydrogen-bond acceptors (Lipinski definition) is 4. The van der Waals surface area contributed by atoms with Crippen molar-refractivity contribution in [3.05, 3.63) is 0 Å². The van der Waals surface area contributed by atoms with Crippen molar-refractivity contribution in [2.24, 2.45) is 5.92 Å². The van der Waals surface area contributed by atoms with Gasteiger partial charge in [0.1, 0.15) is 0 Å². The molecule has 0 spiro atoms. The summed E-state index contributed by atoms with van der Waals surface area (Å²) in [6.45, 7) is 10.4. The van der Waals surface area contributed by atoms with Gasteiger partial charge in [-0.2, -0.15) is 0 Å². The maximum absolute atomic E-state index is 9.86. The lowest BCUT2D eigenvalue weighted by Crippen LogP contribution is -2.60. The van der Waals surface area contributed by atoms with Crippen LogP contribution in [0.1, 0.15) is 33.6 Å². The number of hydrogen-bond donors (Lipinski definition) is 2. The molecule has 1 unspecified atom stereocenters. The molecule has 0 aromatic heterocycles. The third-order valence-electron chi connectivity index (χ3n) is 4.17. The number of rotatable bonds is 6. The van der Waals surface area contributed by atoms with Gasteiger partial charge in [-0.3, -0.25) is 4.90 Å². The van der Waals surface area contributed by atoms with Crippen molar-refractivity contribution < 1.29 is 9.84 Å². The highest BCUT2D eigenvalue weighted by atomic mass is 16.5. The number of nitrogens with zero attached hydrogens (tertiary/aromatic N) is 1. The number of aliphatic hydroxyl groups excluding tert-OH is 1. The van der Waals surface area contributed by atoms with Crippen LogP contribution >= 0.6 is 0 Å². The Balaban J connectivity index is 1.99. The summed E-state index contributed by atoms with van der Waals surface area (Å²) in [5.41, 5.74) is -0.0917. The Bertz CT molecular complexity index is 261. The molecule has 106 valence electrons. The van der Waals surface area contributed by atoms with Crippen LogP contribution < -0.4 is 5.32 Å². The molecule has 2 aliphatic rings. The van der Waals surface area contributed by atoms with Crippen LogP contribution in [0.25, 0.3) is 0 Å². The zero-order chi connectivity index (χ0) is 13.2. The molecule has 1 aliphatic heterocycles. The first-order chi connectivity index (χ1) is 8.59. The van der Waals surface area contributed by atoms with Gasteiger partial charge >= 0.3 is 0 Å². The maximum Gasteiger partial charge on any atom is 0.0678 e. The Hall–Kier alpha value is -0.160. The van der Waals surface area contributed by atoms with Gasteiger partial charge in [-0.1, -0.05) is 6.92 Å². The number of aliphatic hydroxyl groups is 1. The Kier molecular flexibility index (Phi) is 4.64. The molecule has 1 aliphatic carbocycles. The second-order valence-corrected chi connectivity index (χ2v) is 6.07. The van der Waals surface area contributed by atoms with Gasteiger partial charge in [-0.25, -0.2) is 0 Å². The molecule has 2 N–H and O–H groups in total. The molecule has 1 saturated heterocycles. The van der Waals surface area contributed by atoms with Crippen LogP contribution in [0.15, 0.2) is 0 Å². The van der Waals surface area contributed by atoms with E-state index in [9.17, 15) is 5.11 Å². The van der Waals surface area contributed by atoms with Crippen molar-refractivity contribution in [3.8, 4) is 0 Å². The van der Waals surface area contributed by atoms with Gasteiger partial charge in [0.2, 0.25) is 0 Å². The molecule has 4 heteroatoms. The van der Waals surface area contributed by atoms with Gasteiger partial charge in [-0.15, -0.1) is 0 Å². The summed E-state index contributed by atoms with van der Waals surface area (Å²) in [5.74, 6) is 0.649. The van der Waals surface area contributed by atoms with Gasteiger partial charge in [-0.05, 0) is 39.2 Å². The third-order valence-corrected chi connectivity index (χ3v) is 4.17. The van der Waals surface area contributed by atoms with Crippen LogP contribution in [0.2, 0.25) is 0 Å². The van der Waals surface area contributed by atoms with Gasteiger partial charge in [0, 0.05) is 19.6 Å². The molecule has 1 heterocycles. The zero-order valence-electron chi connectivity index (χ0n) is 12.0. The first kappa shape index (κ1) is 14.3. The SMILES string of the molecule is CCNC(CO)(CN1C[C@@H](C)O[C@@H](C)C1)C1CC1. The first-order valence-corrected chi connectivity index (χ1v) is 7.33. The van der Waals surface area contributed by atoms with E-state index in [0.29, 0.717) is 18.1 Å². The molecule has 3 atom stereocenters. The van der Waals surface area contributed by atoms with E-state index >= 15 is 0 Å². The van der Waals surface area contributed by atoms with Crippen LogP contribution in [0.5, 0.6) is 0 Å². The molecule has 0 aromatic carbocycles. The topological polar surface area (TPSA) is 44.7 Å². The van der Waals surface area contributed by atoms with Gasteiger partial charge in [0.05, 0.1) is 24.4 Å². The quantitative estimate of drug-likeness (QED) is 0.739. The second kappa shape index (κ2) is 5.87. The van der Waals surface area contributed by atoms with Crippen LogP contribution in [0.4, 0.5) is 0 Å². The van der Waals surface area contributed by atoms with Gasteiger partial charge in [0.25, 0.3) is 0 Å². The van der Waals surface area contributed by atoms with Crippen LogP contribution in [0.3, 0.4) is 0 Å². The third kappa shape index (κ3) is 3.23. The highest BCUT2D eigenvalue weighted by molar-refractivity contribution is 5.03. The van der Waals surface area contributed by atoms with E-state index in [-0.39, 0.29) is 12.1 Å². The average molecular weight is 256 g/mol. The predicted molar refractivity (Wildman–Crippen MR) is 72.7 cm³/mol. The van der Waals surface area contributed by atoms with Crippen LogP contribution in [0, 0.1) is 5.92 Å². The molecule has 2 fully saturated rings. The number of likely N-dealkylation sites (N-methyl/N-ethyl adjacent to an activating group) is 1. The summed E-state index contributed by atoms with van der Waals surface area (Å²) in [7, 11) is 0. The molecular formula is C14H28N2O2. The van der Waals surface area contributed by atoms with Crippen molar-refractivity contribution in [2.45, 2.75) is 51.4 Å². The highest BCUT2D eigenvalue weighted by Gasteiger charge is 2.45. The van der Waals surface area contributed by atoms with E-state index in [1.165, 1.54) is 12.8 Å². The Labute approximate surface area is 111 Å². The summed E-state index contributed by atoms with van der Waals surface area (Å²) in [6.07, 6.45) is 3.10. The van der Waals surface area contributed by atoms with Gasteiger partial charge in [0.15, 0.2) is 0 Å². The van der Waals surface area contributed by atoms with Crippen molar-refractivity contribution >= 4 is 0 Å². The van der Waals surface area contributed by atoms with E-state index in [4.69, 9.17) is 4.74 Å². The molecule has 18 heavy (non-hydrogen) atoms. The molecular weight excluding hydrogens is 228 g/mol. The van der Waals surface area contributed by atoms with E-state index in [1.807, 2.05) is 0 Å². The zero-order valence-corrected chi connectivity index (χ0v) is 12.0. The smallest absolute Gasteiger partial charge is 0.0678 e. The molecule has 0 aromatic rings. The molecule has 0 amide bonds. The molecule has 0 bridgehead atoms. The first-order valence-electron chi connectivity index (χ1n) is 7.33. The lowest BCUT2D eigenvalue weighted by atomic mass is 9.92. The predicted octanol–water partition coefficient (Wildman–Crippen LogP) is 0.846. The summed E-state index contributed by atoms with van der Waals surface area (Å²) < 4.78 is 5.78. The van der Waals surface area contributed by atoms with E-state index < -0.39 is 0 Å². The summed E-state index contributed by atoms with van der Waals surface area (Å²) >= 11 is 0. The van der Waals surface area contributed by atoms with E-state index in [2.05, 4.69) is 31.0 Å². The fourth-order valence-electron chi connectivity index (χ4n) is 3.36. The Morgan fingerprint density at radius 3 is 2.33 bits per heavy atom. The molecule has 2 rings (SSSR count). The Morgan fingerprint density at radius 2 is 1.89 bits per heavy atom. The van der Waals surface area contributed by atoms with Crippen molar-refractivity contribution in [1.29, 1.82) is 0 Å². The lowest BCUT2D eigenvalue weighted by molar-refractivity contribution is -0.0781. The van der Waals surface area contributed by atoms with E-state index in [0.717, 1.165) is 26.2 Å². The van der Waals surface area contributed by atoms with Crippen molar-refractivity contribution in [2.75, 3.05) is 32.8 Å². The number of nitrogens with one attached hydrogen (secondary N) is 1. The minimum atomic E-state index is -0.0917. The van der Waals surface area contributed by atoms with Crippen LogP contribution in [-0.2, 0) is 4.74 Å². The van der Waals surface area contributed by atoms with Gasteiger partial charge < -0.3 is 15.2 Å². The second-order valence-electron chi connectivity index (χ2n) is 6.07. The summed E-state index contributed by atoms with van der Waals surface area (Å²) in [4.78, 5) is 2.45. The van der Waals surface area contributed by atoms with Crippen molar-refractivity contribution in [3.63, 3.8) is 0 Å². The number of ether oxygens (including phenoxy) is 1. The maximum atomic E-state index is 9.86. The minimum absolute atomic E-state index is 0.0917. The van der Waals surface area contributed by atoms with E-state index in [1.54, 1.807) is 0 Å². The monoisotopic (exact) mass is 256 g/mol. The Morgan fingerprint density at radius 1 is 1.28 bits per heavy atom. The van der Waals surface area contributed by atoms with Crippen molar-refractivity contribution in [1.82, 2.24) is 10.2 Å². The fraction of sp³-hybridized carbons (Fsp3) is 1.00. The standard InChI is InChI=1S/C14H28N2O2/c1-4-15-14(10-17,13-5-6-13)9-16-7-11(2)18-12(3)8-16/h11-13,15,17H,4-10H2,1-3H3/t11-,12+,14?. The normalized spacial score (nSPS) is 33.3. The average Bonchev–Trinajstić information content (AvgIpc) is 3.11. The molecule has 4 nitrogen and oxygen atoms in total.